The van der Waals surface area contributed by atoms with E-state index in [1.165, 1.54) is 30.0 Å². The standard InChI is InChI=1S/C16H21N3O6S/c1-10(20)17-11-4-5-13(18-26(3,24)25)12(8-11)14(21)19-7-6-16(2,9-19)15(22)23/h4-5,8,18H,6-7,9H2,1-3H3,(H,17,20)(H,22,23). The second kappa shape index (κ2) is 6.94. The summed E-state index contributed by atoms with van der Waals surface area (Å²) in [4.78, 5) is 36.9. The summed E-state index contributed by atoms with van der Waals surface area (Å²) in [6, 6.07) is 4.22. The number of carbonyl (C=O) groups is 3. The van der Waals surface area contributed by atoms with Crippen molar-refractivity contribution in [2.45, 2.75) is 20.3 Å². The first-order valence-corrected chi connectivity index (χ1v) is 9.72. The van der Waals surface area contributed by atoms with Gasteiger partial charge < -0.3 is 15.3 Å². The molecular weight excluding hydrogens is 362 g/mol. The van der Waals surface area contributed by atoms with Gasteiger partial charge in [-0.15, -0.1) is 0 Å². The van der Waals surface area contributed by atoms with E-state index in [0.29, 0.717) is 12.1 Å². The normalized spacial score (nSPS) is 19.9. The van der Waals surface area contributed by atoms with Gasteiger partial charge in [0.05, 0.1) is 22.9 Å². The van der Waals surface area contributed by atoms with Crippen LogP contribution in [-0.4, -0.2) is 55.6 Å². The van der Waals surface area contributed by atoms with Crippen molar-refractivity contribution < 1.29 is 27.9 Å². The molecule has 1 unspecified atom stereocenters. The number of rotatable bonds is 5. The van der Waals surface area contributed by atoms with Gasteiger partial charge in [-0.25, -0.2) is 8.42 Å². The summed E-state index contributed by atoms with van der Waals surface area (Å²) in [5, 5.41) is 11.9. The SMILES string of the molecule is CC(=O)Nc1ccc(NS(C)(=O)=O)c(C(=O)N2CCC(C)(C(=O)O)C2)c1. The minimum atomic E-state index is -3.63. The molecule has 2 rings (SSSR count). The lowest BCUT2D eigenvalue weighted by molar-refractivity contribution is -0.147. The van der Waals surface area contributed by atoms with Crippen LogP contribution in [0.15, 0.2) is 18.2 Å². The van der Waals surface area contributed by atoms with Crippen LogP contribution in [0.25, 0.3) is 0 Å². The Morgan fingerprint density at radius 1 is 1.27 bits per heavy atom. The van der Waals surface area contributed by atoms with E-state index in [1.54, 1.807) is 6.92 Å². The number of carbonyl (C=O) groups excluding carboxylic acids is 2. The van der Waals surface area contributed by atoms with E-state index < -0.39 is 27.3 Å². The van der Waals surface area contributed by atoms with Crippen LogP contribution < -0.4 is 10.0 Å². The Hall–Kier alpha value is -2.62. The first-order chi connectivity index (χ1) is 11.9. The molecule has 1 heterocycles. The number of aliphatic carboxylic acids is 1. The third kappa shape index (κ3) is 4.51. The number of hydrogen-bond acceptors (Lipinski definition) is 5. The predicted molar refractivity (Wildman–Crippen MR) is 95.5 cm³/mol. The number of nitrogens with zero attached hydrogens (tertiary/aromatic N) is 1. The molecule has 0 radical (unpaired) electrons. The lowest BCUT2D eigenvalue weighted by atomic mass is 9.90. The quantitative estimate of drug-likeness (QED) is 0.693. The summed E-state index contributed by atoms with van der Waals surface area (Å²) in [7, 11) is -3.63. The van der Waals surface area contributed by atoms with E-state index in [9.17, 15) is 27.9 Å². The number of amides is 2. The molecule has 1 saturated heterocycles. The van der Waals surface area contributed by atoms with Crippen LogP contribution >= 0.6 is 0 Å². The van der Waals surface area contributed by atoms with Gasteiger partial charge in [0.25, 0.3) is 5.91 Å². The Morgan fingerprint density at radius 2 is 1.92 bits per heavy atom. The molecule has 10 heteroatoms. The van der Waals surface area contributed by atoms with Gasteiger partial charge in [-0.2, -0.15) is 0 Å². The van der Waals surface area contributed by atoms with E-state index in [-0.39, 0.29) is 30.2 Å². The zero-order valence-corrected chi connectivity index (χ0v) is 15.5. The predicted octanol–water partition coefficient (Wildman–Crippen LogP) is 0.953. The number of carboxylic acid groups (broad SMARTS) is 1. The maximum atomic E-state index is 12.9. The van der Waals surface area contributed by atoms with Gasteiger partial charge in [-0.1, -0.05) is 0 Å². The maximum Gasteiger partial charge on any atom is 0.311 e. The van der Waals surface area contributed by atoms with Crippen molar-refractivity contribution in [3.05, 3.63) is 23.8 Å². The fourth-order valence-corrected chi connectivity index (χ4v) is 3.35. The van der Waals surface area contributed by atoms with Crippen molar-refractivity contribution in [3.63, 3.8) is 0 Å². The molecule has 9 nitrogen and oxygen atoms in total. The molecule has 0 spiro atoms. The Bertz CT molecular complexity index is 867. The third-order valence-corrected chi connectivity index (χ3v) is 4.73. The fourth-order valence-electron chi connectivity index (χ4n) is 2.77. The van der Waals surface area contributed by atoms with Crippen molar-refractivity contribution in [1.82, 2.24) is 4.90 Å². The average Bonchev–Trinajstić information content (AvgIpc) is 2.90. The minimum Gasteiger partial charge on any atom is -0.481 e. The second-order valence-electron chi connectivity index (χ2n) is 6.66. The van der Waals surface area contributed by atoms with Crippen molar-refractivity contribution in [1.29, 1.82) is 0 Å². The summed E-state index contributed by atoms with van der Waals surface area (Å²) in [5.74, 6) is -1.84. The number of carboxylic acids is 1. The monoisotopic (exact) mass is 383 g/mol. The van der Waals surface area contributed by atoms with E-state index >= 15 is 0 Å². The van der Waals surface area contributed by atoms with Gasteiger partial charge in [0.1, 0.15) is 0 Å². The number of anilines is 2. The Kier molecular flexibility index (Phi) is 5.26. The molecule has 142 valence electrons. The van der Waals surface area contributed by atoms with E-state index in [2.05, 4.69) is 10.0 Å². The average molecular weight is 383 g/mol. The van der Waals surface area contributed by atoms with Crippen molar-refractivity contribution in [2.24, 2.45) is 5.41 Å². The Labute approximate surface area is 151 Å². The van der Waals surface area contributed by atoms with Crippen LogP contribution in [0, 0.1) is 5.41 Å². The highest BCUT2D eigenvalue weighted by Crippen LogP contribution is 2.32. The minimum absolute atomic E-state index is 0.0177. The summed E-state index contributed by atoms with van der Waals surface area (Å²) >= 11 is 0. The highest BCUT2D eigenvalue weighted by Gasteiger charge is 2.42. The lowest BCUT2D eigenvalue weighted by Gasteiger charge is -2.22. The van der Waals surface area contributed by atoms with Gasteiger partial charge in [0.2, 0.25) is 15.9 Å². The molecule has 1 aromatic rings. The molecule has 0 saturated carbocycles. The number of likely N-dealkylation sites (tertiary alicyclic amines) is 1. The maximum absolute atomic E-state index is 12.9. The molecule has 0 aliphatic carbocycles. The molecule has 1 aliphatic heterocycles. The van der Waals surface area contributed by atoms with Gasteiger partial charge in [0, 0.05) is 25.7 Å². The zero-order valence-electron chi connectivity index (χ0n) is 14.7. The Morgan fingerprint density at radius 3 is 2.42 bits per heavy atom. The van der Waals surface area contributed by atoms with Crippen molar-refractivity contribution in [3.8, 4) is 0 Å². The van der Waals surface area contributed by atoms with E-state index in [1.807, 2.05) is 0 Å². The molecule has 0 bridgehead atoms. The largest absolute Gasteiger partial charge is 0.481 e. The van der Waals surface area contributed by atoms with Crippen LogP contribution in [0.3, 0.4) is 0 Å². The summed E-state index contributed by atoms with van der Waals surface area (Å²) in [6.07, 6.45) is 1.26. The molecular formula is C16H21N3O6S. The highest BCUT2D eigenvalue weighted by atomic mass is 32.2. The van der Waals surface area contributed by atoms with Gasteiger partial charge in [0.15, 0.2) is 0 Å². The smallest absolute Gasteiger partial charge is 0.311 e. The number of hydrogen-bond donors (Lipinski definition) is 3. The fraction of sp³-hybridized carbons (Fsp3) is 0.438. The topological polar surface area (TPSA) is 133 Å². The van der Waals surface area contributed by atoms with E-state index in [0.717, 1.165) is 6.26 Å². The molecule has 1 atom stereocenters. The number of benzene rings is 1. The molecule has 2 amide bonds. The second-order valence-corrected chi connectivity index (χ2v) is 8.41. The summed E-state index contributed by atoms with van der Waals surface area (Å²) < 4.78 is 25.4. The van der Waals surface area contributed by atoms with Crippen molar-refractivity contribution >= 4 is 39.2 Å². The van der Waals surface area contributed by atoms with Gasteiger partial charge >= 0.3 is 5.97 Å². The summed E-state index contributed by atoms with van der Waals surface area (Å²) in [6.45, 7) is 3.13. The third-order valence-electron chi connectivity index (χ3n) is 4.14. The van der Waals surface area contributed by atoms with E-state index in [4.69, 9.17) is 0 Å². The first-order valence-electron chi connectivity index (χ1n) is 7.83. The van der Waals surface area contributed by atoms with Crippen LogP contribution in [0.2, 0.25) is 0 Å². The van der Waals surface area contributed by atoms with Crippen LogP contribution in [0.5, 0.6) is 0 Å². The first kappa shape index (κ1) is 19.7. The number of nitrogens with one attached hydrogen (secondary N) is 2. The molecule has 26 heavy (non-hydrogen) atoms. The zero-order chi connectivity index (χ0) is 19.7. The van der Waals surface area contributed by atoms with Crippen LogP contribution in [0.4, 0.5) is 11.4 Å². The highest BCUT2D eigenvalue weighted by molar-refractivity contribution is 7.92. The summed E-state index contributed by atoms with van der Waals surface area (Å²) in [5.41, 5.74) is -0.609. The van der Waals surface area contributed by atoms with Crippen molar-refractivity contribution in [2.75, 3.05) is 29.4 Å². The van der Waals surface area contributed by atoms with Gasteiger partial charge in [-0.3, -0.25) is 19.1 Å². The lowest BCUT2D eigenvalue weighted by Crippen LogP contribution is -2.35. The van der Waals surface area contributed by atoms with Crippen LogP contribution in [0.1, 0.15) is 30.6 Å². The Balaban J connectivity index is 2.39. The van der Waals surface area contributed by atoms with Crippen LogP contribution in [-0.2, 0) is 19.6 Å². The molecule has 0 aromatic heterocycles. The molecule has 1 aromatic carbocycles. The van der Waals surface area contributed by atoms with Gasteiger partial charge in [-0.05, 0) is 31.5 Å². The molecule has 3 N–H and O–H groups in total. The number of sulfonamides is 1. The molecule has 1 fully saturated rings. The molecule has 1 aliphatic rings.